The normalized spacial score (nSPS) is 17.9. The van der Waals surface area contributed by atoms with E-state index in [1.54, 1.807) is 19.3 Å². The van der Waals surface area contributed by atoms with Crippen molar-refractivity contribution in [1.29, 1.82) is 0 Å². The molecule has 0 amide bonds. The van der Waals surface area contributed by atoms with Crippen molar-refractivity contribution in [2.45, 2.75) is 13.3 Å². The van der Waals surface area contributed by atoms with Gasteiger partial charge in [0.1, 0.15) is 0 Å². The van der Waals surface area contributed by atoms with Gasteiger partial charge in [0.25, 0.3) is 0 Å². The smallest absolute Gasteiger partial charge is 0.233 e. The third-order valence-electron chi connectivity index (χ3n) is 1.42. The monoisotopic (exact) mass is 135 g/mol. The Hall–Kier alpha value is -1.18. The molecule has 2 nitrogen and oxygen atoms in total. The molecule has 0 aromatic rings. The first-order valence-corrected chi connectivity index (χ1v) is 3.04. The Labute approximate surface area is 59.2 Å². The molecule has 1 aliphatic rings. The zero-order valence-corrected chi connectivity index (χ0v) is 5.68. The van der Waals surface area contributed by atoms with Crippen molar-refractivity contribution in [3.63, 3.8) is 0 Å². The van der Waals surface area contributed by atoms with Crippen LogP contribution < -0.4 is 0 Å². The number of hydrogen-bond acceptors (Lipinski definition) is 2. The highest BCUT2D eigenvalue weighted by Gasteiger charge is 2.08. The molecule has 0 unspecified atom stereocenters. The number of carbonyl (C=O) groups excluding carboxylic acids is 2. The quantitative estimate of drug-likeness (QED) is 0.536. The van der Waals surface area contributed by atoms with Crippen LogP contribution in [0.25, 0.3) is 0 Å². The van der Waals surface area contributed by atoms with Gasteiger partial charge in [-0.1, -0.05) is 6.08 Å². The third kappa shape index (κ3) is 1.21. The van der Waals surface area contributed by atoms with Crippen LogP contribution in [0.1, 0.15) is 13.3 Å². The molecule has 1 rings (SSSR count). The topological polar surface area (TPSA) is 34.1 Å². The summed E-state index contributed by atoms with van der Waals surface area (Å²) in [7, 11) is 0. The number of carbonyl (C=O) groups is 1. The van der Waals surface area contributed by atoms with E-state index in [-0.39, 0.29) is 5.78 Å². The van der Waals surface area contributed by atoms with Crippen LogP contribution >= 0.6 is 0 Å². The molecular formula is C8H7O2. The molecule has 0 N–H and O–H groups in total. The Morgan fingerprint density at radius 1 is 1.60 bits per heavy atom. The Morgan fingerprint density at radius 3 is 2.80 bits per heavy atom. The minimum Gasteiger partial charge on any atom is -0.294 e. The van der Waals surface area contributed by atoms with E-state index in [1.807, 2.05) is 0 Å². The fourth-order valence-electron chi connectivity index (χ4n) is 0.864. The number of ketones is 1. The number of allylic oxidation sites excluding steroid dienone is 4. The molecule has 0 bridgehead atoms. The highest BCUT2D eigenvalue weighted by atomic mass is 16.1. The van der Waals surface area contributed by atoms with Crippen molar-refractivity contribution in [2.24, 2.45) is 0 Å². The lowest BCUT2D eigenvalue weighted by molar-refractivity contribution is -0.113. The van der Waals surface area contributed by atoms with E-state index in [0.29, 0.717) is 17.6 Å². The zero-order valence-electron chi connectivity index (χ0n) is 5.68. The molecule has 1 radical (unpaired) electrons. The summed E-state index contributed by atoms with van der Waals surface area (Å²) in [4.78, 5) is 20.8. The van der Waals surface area contributed by atoms with Crippen LogP contribution in [0.15, 0.2) is 23.3 Å². The van der Waals surface area contributed by atoms with Gasteiger partial charge in [0.2, 0.25) is 6.29 Å². The molecule has 51 valence electrons. The third-order valence-corrected chi connectivity index (χ3v) is 1.42. The molecule has 10 heavy (non-hydrogen) atoms. The van der Waals surface area contributed by atoms with Crippen LogP contribution in [0.3, 0.4) is 0 Å². The maximum atomic E-state index is 10.7. The largest absolute Gasteiger partial charge is 0.294 e. The van der Waals surface area contributed by atoms with Crippen LogP contribution in [0.2, 0.25) is 0 Å². The van der Waals surface area contributed by atoms with Crippen LogP contribution in [0.4, 0.5) is 0 Å². The summed E-state index contributed by atoms with van der Waals surface area (Å²) in [6, 6.07) is 0. The average molecular weight is 135 g/mol. The van der Waals surface area contributed by atoms with Gasteiger partial charge in [0.05, 0.1) is 0 Å². The van der Waals surface area contributed by atoms with Crippen molar-refractivity contribution < 1.29 is 9.59 Å². The lowest BCUT2D eigenvalue weighted by Gasteiger charge is -2.03. The SMILES string of the molecule is CC1=CC(=O)CC=C1[C]=O. The van der Waals surface area contributed by atoms with Crippen molar-refractivity contribution in [3.8, 4) is 0 Å². The van der Waals surface area contributed by atoms with Gasteiger partial charge in [0, 0.05) is 12.0 Å². The maximum Gasteiger partial charge on any atom is 0.233 e. The van der Waals surface area contributed by atoms with Gasteiger partial charge < -0.3 is 0 Å². The van der Waals surface area contributed by atoms with Crippen molar-refractivity contribution in [1.82, 2.24) is 0 Å². The summed E-state index contributed by atoms with van der Waals surface area (Å²) >= 11 is 0. The predicted molar refractivity (Wildman–Crippen MR) is 37.2 cm³/mol. The van der Waals surface area contributed by atoms with Crippen LogP contribution in [0, 0.1) is 0 Å². The van der Waals surface area contributed by atoms with Gasteiger partial charge in [-0.15, -0.1) is 0 Å². The maximum absolute atomic E-state index is 10.7. The summed E-state index contributed by atoms with van der Waals surface area (Å²) in [5, 5.41) is 0. The fourth-order valence-corrected chi connectivity index (χ4v) is 0.864. The Bertz CT molecular complexity index is 234. The highest BCUT2D eigenvalue weighted by Crippen LogP contribution is 2.13. The second-order valence-electron chi connectivity index (χ2n) is 2.22. The second kappa shape index (κ2) is 2.60. The summed E-state index contributed by atoms with van der Waals surface area (Å²) in [5.41, 5.74) is 1.23. The molecule has 0 aromatic carbocycles. The summed E-state index contributed by atoms with van der Waals surface area (Å²) in [6.07, 6.45) is 5.17. The van der Waals surface area contributed by atoms with Crippen molar-refractivity contribution >= 4 is 12.1 Å². The van der Waals surface area contributed by atoms with Gasteiger partial charge in [-0.2, -0.15) is 0 Å². The van der Waals surface area contributed by atoms with Gasteiger partial charge >= 0.3 is 0 Å². The Morgan fingerprint density at radius 2 is 2.30 bits per heavy atom. The summed E-state index contributed by atoms with van der Waals surface area (Å²) in [5.74, 6) is 0.0523. The second-order valence-corrected chi connectivity index (χ2v) is 2.22. The van der Waals surface area contributed by atoms with E-state index in [9.17, 15) is 9.59 Å². The standard InChI is InChI=1S/C8H7O2/c1-6-4-8(10)3-2-7(6)5-9/h2,4H,3H2,1H3. The lowest BCUT2D eigenvalue weighted by atomic mass is 10.00. The van der Waals surface area contributed by atoms with E-state index in [1.165, 1.54) is 6.08 Å². The minimum atomic E-state index is 0.0523. The molecule has 1 aliphatic carbocycles. The molecule has 0 aliphatic heterocycles. The molecule has 0 fully saturated rings. The molecule has 0 spiro atoms. The van der Waals surface area contributed by atoms with Crippen LogP contribution in [0.5, 0.6) is 0 Å². The minimum absolute atomic E-state index is 0.0523. The molecule has 0 saturated carbocycles. The molecule has 2 heteroatoms. The van der Waals surface area contributed by atoms with Gasteiger partial charge in [-0.3, -0.25) is 9.59 Å². The lowest BCUT2D eigenvalue weighted by Crippen LogP contribution is -2.01. The van der Waals surface area contributed by atoms with E-state index >= 15 is 0 Å². The molecular weight excluding hydrogens is 128 g/mol. The van der Waals surface area contributed by atoms with Crippen LogP contribution in [-0.2, 0) is 9.59 Å². The van der Waals surface area contributed by atoms with Crippen LogP contribution in [-0.4, -0.2) is 12.1 Å². The summed E-state index contributed by atoms with van der Waals surface area (Å²) in [6.45, 7) is 1.73. The summed E-state index contributed by atoms with van der Waals surface area (Å²) < 4.78 is 0. The Balaban J connectivity index is 2.91. The van der Waals surface area contributed by atoms with E-state index < -0.39 is 0 Å². The zero-order chi connectivity index (χ0) is 7.56. The highest BCUT2D eigenvalue weighted by molar-refractivity contribution is 5.97. The molecule has 0 aromatic heterocycles. The fraction of sp³-hybridized carbons (Fsp3) is 0.250. The predicted octanol–water partition coefficient (Wildman–Crippen LogP) is 0.942. The van der Waals surface area contributed by atoms with E-state index in [4.69, 9.17) is 0 Å². The molecule has 0 heterocycles. The first-order valence-electron chi connectivity index (χ1n) is 3.04. The van der Waals surface area contributed by atoms with Crippen molar-refractivity contribution in [3.05, 3.63) is 23.3 Å². The molecule has 0 atom stereocenters. The van der Waals surface area contributed by atoms with Gasteiger partial charge in [-0.25, -0.2) is 0 Å². The average Bonchev–Trinajstić information content (AvgIpc) is 1.88. The Kier molecular flexibility index (Phi) is 1.81. The van der Waals surface area contributed by atoms with Gasteiger partial charge in [0.15, 0.2) is 5.78 Å². The first-order chi connectivity index (χ1) is 4.74. The first kappa shape index (κ1) is 6.93. The van der Waals surface area contributed by atoms with Crippen molar-refractivity contribution in [2.75, 3.05) is 0 Å². The number of hydrogen-bond donors (Lipinski definition) is 0. The van der Waals surface area contributed by atoms with Gasteiger partial charge in [-0.05, 0) is 18.6 Å². The van der Waals surface area contributed by atoms with E-state index in [0.717, 1.165) is 0 Å². The number of rotatable bonds is 1. The van der Waals surface area contributed by atoms with E-state index in [2.05, 4.69) is 0 Å². The molecule has 0 saturated heterocycles.